The lowest BCUT2D eigenvalue weighted by Crippen LogP contribution is -2.49. The highest BCUT2D eigenvalue weighted by Gasteiger charge is 2.26. The van der Waals surface area contributed by atoms with E-state index in [9.17, 15) is 9.18 Å². The monoisotopic (exact) mass is 447 g/mol. The van der Waals surface area contributed by atoms with Gasteiger partial charge in [-0.15, -0.1) is 5.10 Å². The molecule has 0 spiro atoms. The lowest BCUT2D eigenvalue weighted by molar-refractivity contribution is 0.0746. The van der Waals surface area contributed by atoms with Gasteiger partial charge in [0.1, 0.15) is 12.1 Å². The Labute approximate surface area is 187 Å². The van der Waals surface area contributed by atoms with Gasteiger partial charge in [-0.25, -0.2) is 14.4 Å². The second kappa shape index (κ2) is 7.69. The fraction of sp³-hybridized carbons (Fsp3) is 0.227. The molecule has 1 amide bonds. The van der Waals surface area contributed by atoms with Crippen LogP contribution in [0.2, 0.25) is 0 Å². The summed E-state index contributed by atoms with van der Waals surface area (Å²) in [5, 5.41) is 8.46. The summed E-state index contributed by atoms with van der Waals surface area (Å²) in [4.78, 5) is 25.6. The predicted octanol–water partition coefficient (Wildman–Crippen LogP) is 2.04. The Morgan fingerprint density at radius 2 is 1.73 bits per heavy atom. The normalized spacial score (nSPS) is 15.3. The summed E-state index contributed by atoms with van der Waals surface area (Å²) in [6, 6.07) is 11.2. The molecule has 2 aliphatic rings. The molecule has 2 aromatic carbocycles. The molecule has 2 aliphatic heterocycles. The number of nitrogens with zero attached hydrogens (tertiary/aromatic N) is 7. The van der Waals surface area contributed by atoms with Gasteiger partial charge in [-0.05, 0) is 42.5 Å². The van der Waals surface area contributed by atoms with Crippen LogP contribution in [0.3, 0.4) is 0 Å². The fourth-order valence-corrected chi connectivity index (χ4v) is 4.06. The van der Waals surface area contributed by atoms with Gasteiger partial charge >= 0.3 is 0 Å². The van der Waals surface area contributed by atoms with Gasteiger partial charge in [-0.1, -0.05) is 5.21 Å². The van der Waals surface area contributed by atoms with E-state index in [-0.39, 0.29) is 18.5 Å². The number of piperazine rings is 1. The van der Waals surface area contributed by atoms with E-state index in [1.807, 2.05) is 4.90 Å². The largest absolute Gasteiger partial charge is 0.454 e. The van der Waals surface area contributed by atoms with Gasteiger partial charge in [0.05, 0.1) is 5.69 Å². The van der Waals surface area contributed by atoms with Crippen molar-refractivity contribution >= 4 is 22.9 Å². The maximum Gasteiger partial charge on any atom is 0.254 e. The number of carbonyl (C=O) groups is 1. The smallest absolute Gasteiger partial charge is 0.254 e. The summed E-state index contributed by atoms with van der Waals surface area (Å²) in [6.07, 6.45) is 1.46. The van der Waals surface area contributed by atoms with E-state index >= 15 is 0 Å². The average Bonchev–Trinajstić information content (AvgIpc) is 3.51. The van der Waals surface area contributed by atoms with Gasteiger partial charge in [-0.2, -0.15) is 4.68 Å². The molecular weight excluding hydrogens is 429 g/mol. The number of benzene rings is 2. The SMILES string of the molecule is O=C(c1ccc2c(c1)OCO2)N1CCN(c2ncnc3c2nnn3-c2ccc(F)cc2)CC1. The third kappa shape index (κ3) is 3.37. The number of carbonyl (C=O) groups excluding carboxylic acids is 1. The Morgan fingerprint density at radius 1 is 0.939 bits per heavy atom. The van der Waals surface area contributed by atoms with Crippen molar-refractivity contribution in [3.8, 4) is 17.2 Å². The van der Waals surface area contributed by atoms with Crippen LogP contribution in [0.5, 0.6) is 11.5 Å². The number of hydrogen-bond acceptors (Lipinski definition) is 8. The number of ether oxygens (including phenoxy) is 2. The first-order chi connectivity index (χ1) is 16.2. The van der Waals surface area contributed by atoms with Gasteiger partial charge in [0, 0.05) is 31.7 Å². The molecule has 166 valence electrons. The summed E-state index contributed by atoms with van der Waals surface area (Å²) in [7, 11) is 0. The van der Waals surface area contributed by atoms with Crippen molar-refractivity contribution in [2.75, 3.05) is 37.9 Å². The first kappa shape index (κ1) is 19.4. The maximum atomic E-state index is 13.3. The van der Waals surface area contributed by atoms with E-state index < -0.39 is 0 Å². The average molecular weight is 447 g/mol. The summed E-state index contributed by atoms with van der Waals surface area (Å²) < 4.78 is 25.5. The number of fused-ring (bicyclic) bond motifs is 2. The molecule has 4 aromatic rings. The molecule has 11 heteroatoms. The minimum atomic E-state index is -0.327. The van der Waals surface area contributed by atoms with Crippen molar-refractivity contribution in [1.82, 2.24) is 29.9 Å². The summed E-state index contributed by atoms with van der Waals surface area (Å²) in [5.41, 5.74) is 2.31. The zero-order valence-electron chi connectivity index (χ0n) is 17.4. The molecular formula is C22H18FN7O3. The molecule has 0 N–H and O–H groups in total. The predicted molar refractivity (Wildman–Crippen MR) is 115 cm³/mol. The highest BCUT2D eigenvalue weighted by atomic mass is 19.1. The Balaban J connectivity index is 1.21. The topological polar surface area (TPSA) is 98.5 Å². The maximum absolute atomic E-state index is 13.3. The standard InChI is InChI=1S/C22H18FN7O3/c23-15-2-4-16(5-3-15)30-21-19(26-27-30)20(24-12-25-21)28-7-9-29(10-8-28)22(31)14-1-6-17-18(11-14)33-13-32-17/h1-6,11-12H,7-10,13H2. The quantitative estimate of drug-likeness (QED) is 0.471. The molecule has 1 fully saturated rings. The van der Waals surface area contributed by atoms with Crippen molar-refractivity contribution < 1.29 is 18.7 Å². The van der Waals surface area contributed by atoms with Crippen LogP contribution in [0.1, 0.15) is 10.4 Å². The van der Waals surface area contributed by atoms with Crippen molar-refractivity contribution in [2.45, 2.75) is 0 Å². The van der Waals surface area contributed by atoms with E-state index in [1.165, 1.54) is 18.5 Å². The molecule has 0 radical (unpaired) electrons. The Kier molecular flexibility index (Phi) is 4.52. The van der Waals surface area contributed by atoms with E-state index in [0.717, 1.165) is 0 Å². The zero-order valence-corrected chi connectivity index (χ0v) is 17.4. The molecule has 0 atom stereocenters. The second-order valence-electron chi connectivity index (χ2n) is 7.69. The molecule has 0 aliphatic carbocycles. The molecule has 4 heterocycles. The third-order valence-corrected chi connectivity index (χ3v) is 5.78. The summed E-state index contributed by atoms with van der Waals surface area (Å²) >= 11 is 0. The second-order valence-corrected chi connectivity index (χ2v) is 7.69. The minimum absolute atomic E-state index is 0.0527. The van der Waals surface area contributed by atoms with Crippen LogP contribution >= 0.6 is 0 Å². The highest BCUT2D eigenvalue weighted by Crippen LogP contribution is 2.33. The molecule has 0 bridgehead atoms. The molecule has 1 saturated heterocycles. The lowest BCUT2D eigenvalue weighted by atomic mass is 10.1. The van der Waals surface area contributed by atoms with Crippen molar-refractivity contribution in [2.24, 2.45) is 0 Å². The van der Waals surface area contributed by atoms with Gasteiger partial charge in [0.15, 0.2) is 28.5 Å². The lowest BCUT2D eigenvalue weighted by Gasteiger charge is -2.35. The Hall–Kier alpha value is -4.28. The van der Waals surface area contributed by atoms with Crippen LogP contribution in [0, 0.1) is 5.82 Å². The van der Waals surface area contributed by atoms with Gasteiger partial charge in [-0.3, -0.25) is 4.79 Å². The Bertz CT molecular complexity index is 1350. The number of anilines is 1. The molecule has 33 heavy (non-hydrogen) atoms. The zero-order chi connectivity index (χ0) is 22.4. The van der Waals surface area contributed by atoms with Crippen molar-refractivity contribution in [3.63, 3.8) is 0 Å². The van der Waals surface area contributed by atoms with Crippen LogP contribution in [-0.4, -0.2) is 68.7 Å². The van der Waals surface area contributed by atoms with E-state index in [1.54, 1.807) is 35.0 Å². The first-order valence-corrected chi connectivity index (χ1v) is 10.4. The Morgan fingerprint density at radius 3 is 2.55 bits per heavy atom. The van der Waals surface area contributed by atoms with Crippen LogP contribution < -0.4 is 14.4 Å². The number of aromatic nitrogens is 5. The van der Waals surface area contributed by atoms with Crippen molar-refractivity contribution in [1.29, 1.82) is 0 Å². The molecule has 10 nitrogen and oxygen atoms in total. The summed E-state index contributed by atoms with van der Waals surface area (Å²) in [5.74, 6) is 1.52. The van der Waals surface area contributed by atoms with Crippen LogP contribution in [0.15, 0.2) is 48.8 Å². The number of amides is 1. The number of rotatable bonds is 3. The molecule has 0 saturated carbocycles. The molecule has 6 rings (SSSR count). The van der Waals surface area contributed by atoms with Crippen LogP contribution in [-0.2, 0) is 0 Å². The summed E-state index contributed by atoms with van der Waals surface area (Å²) in [6.45, 7) is 2.41. The van der Waals surface area contributed by atoms with E-state index in [0.29, 0.717) is 65.9 Å². The fourth-order valence-electron chi connectivity index (χ4n) is 4.06. The molecule has 0 unspecified atom stereocenters. The number of halogens is 1. The number of hydrogen-bond donors (Lipinski definition) is 0. The van der Waals surface area contributed by atoms with Gasteiger partial charge in [0.25, 0.3) is 5.91 Å². The van der Waals surface area contributed by atoms with E-state index in [4.69, 9.17) is 9.47 Å². The van der Waals surface area contributed by atoms with Crippen LogP contribution in [0.4, 0.5) is 10.2 Å². The molecule has 2 aromatic heterocycles. The highest BCUT2D eigenvalue weighted by molar-refractivity contribution is 5.95. The van der Waals surface area contributed by atoms with Gasteiger partial charge < -0.3 is 19.3 Å². The van der Waals surface area contributed by atoms with E-state index in [2.05, 4.69) is 25.2 Å². The minimum Gasteiger partial charge on any atom is -0.454 e. The van der Waals surface area contributed by atoms with Crippen molar-refractivity contribution in [3.05, 3.63) is 60.2 Å². The first-order valence-electron chi connectivity index (χ1n) is 10.4. The third-order valence-electron chi connectivity index (χ3n) is 5.78. The van der Waals surface area contributed by atoms with Crippen LogP contribution in [0.25, 0.3) is 16.9 Å². The van der Waals surface area contributed by atoms with Gasteiger partial charge in [0.2, 0.25) is 6.79 Å².